The van der Waals surface area contributed by atoms with Crippen molar-refractivity contribution in [3.63, 3.8) is 0 Å². The van der Waals surface area contributed by atoms with Gasteiger partial charge in [-0.05, 0) is 30.5 Å². The molecular formula is C16H23NO4. The number of methoxy groups -OCH3 is 1. The Morgan fingerprint density at radius 1 is 1.19 bits per heavy atom. The van der Waals surface area contributed by atoms with Crippen LogP contribution in [0.3, 0.4) is 0 Å². The molecule has 21 heavy (non-hydrogen) atoms. The van der Waals surface area contributed by atoms with Gasteiger partial charge in [-0.3, -0.25) is 4.79 Å². The highest BCUT2D eigenvalue weighted by Gasteiger charge is 2.29. The van der Waals surface area contributed by atoms with Gasteiger partial charge >= 0.3 is 11.9 Å². The van der Waals surface area contributed by atoms with Crippen LogP contribution in [0.1, 0.15) is 49.0 Å². The molecule has 0 saturated carbocycles. The summed E-state index contributed by atoms with van der Waals surface area (Å²) >= 11 is 0. The van der Waals surface area contributed by atoms with Gasteiger partial charge in [-0.15, -0.1) is 0 Å². The number of carboxylic acid groups (broad SMARTS) is 1. The van der Waals surface area contributed by atoms with Crippen LogP contribution < -0.4 is 5.32 Å². The van der Waals surface area contributed by atoms with E-state index in [1.165, 1.54) is 7.11 Å². The highest BCUT2D eigenvalue weighted by Crippen LogP contribution is 2.21. The molecule has 116 valence electrons. The summed E-state index contributed by atoms with van der Waals surface area (Å²) in [7, 11) is 1.39. The largest absolute Gasteiger partial charge is 0.478 e. The van der Waals surface area contributed by atoms with Crippen molar-refractivity contribution in [3.05, 3.63) is 35.4 Å². The molecule has 0 aliphatic rings. The number of hydrogen-bond donors (Lipinski definition) is 2. The van der Waals surface area contributed by atoms with Gasteiger partial charge in [0.25, 0.3) is 0 Å². The maximum Gasteiger partial charge on any atom is 0.335 e. The van der Waals surface area contributed by atoms with E-state index in [4.69, 9.17) is 9.84 Å². The van der Waals surface area contributed by atoms with E-state index in [0.717, 1.165) is 18.4 Å². The summed E-state index contributed by atoms with van der Waals surface area (Å²) in [5, 5.41) is 12.3. The standard InChI is InChI=1S/C16H23NO4/c1-4-16(5-2,10-14(18)21-3)17-11-12-6-8-13(9-7-12)15(19)20/h6-9,17H,4-5,10-11H2,1-3H3,(H,19,20). The highest BCUT2D eigenvalue weighted by molar-refractivity contribution is 5.87. The molecule has 0 aliphatic carbocycles. The Kier molecular flexibility index (Phi) is 6.37. The number of benzene rings is 1. The zero-order chi connectivity index (χ0) is 15.9. The van der Waals surface area contributed by atoms with Gasteiger partial charge in [0.1, 0.15) is 0 Å². The summed E-state index contributed by atoms with van der Waals surface area (Å²) in [6.07, 6.45) is 1.95. The van der Waals surface area contributed by atoms with Gasteiger partial charge in [-0.2, -0.15) is 0 Å². The molecule has 0 aliphatic heterocycles. The van der Waals surface area contributed by atoms with E-state index in [0.29, 0.717) is 13.0 Å². The fourth-order valence-electron chi connectivity index (χ4n) is 2.22. The lowest BCUT2D eigenvalue weighted by Crippen LogP contribution is -2.45. The molecule has 0 saturated heterocycles. The smallest absolute Gasteiger partial charge is 0.335 e. The number of nitrogens with one attached hydrogen (secondary N) is 1. The van der Waals surface area contributed by atoms with Crippen molar-refractivity contribution in [3.8, 4) is 0 Å². The van der Waals surface area contributed by atoms with Crippen molar-refractivity contribution in [2.24, 2.45) is 0 Å². The molecule has 0 heterocycles. The van der Waals surface area contributed by atoms with Gasteiger partial charge in [0, 0.05) is 12.1 Å². The van der Waals surface area contributed by atoms with Crippen LogP contribution in [-0.4, -0.2) is 29.7 Å². The molecule has 5 heteroatoms. The van der Waals surface area contributed by atoms with E-state index in [2.05, 4.69) is 5.32 Å². The van der Waals surface area contributed by atoms with Crippen LogP contribution in [0.5, 0.6) is 0 Å². The number of carboxylic acids is 1. The number of carbonyl (C=O) groups excluding carboxylic acids is 1. The van der Waals surface area contributed by atoms with Crippen LogP contribution in [0.25, 0.3) is 0 Å². The maximum atomic E-state index is 11.5. The molecule has 0 spiro atoms. The summed E-state index contributed by atoms with van der Waals surface area (Å²) in [6.45, 7) is 4.65. The lowest BCUT2D eigenvalue weighted by Gasteiger charge is -2.32. The Morgan fingerprint density at radius 2 is 1.76 bits per heavy atom. The predicted molar refractivity (Wildman–Crippen MR) is 80.2 cm³/mol. The molecule has 1 rings (SSSR count). The Balaban J connectivity index is 2.72. The van der Waals surface area contributed by atoms with Crippen molar-refractivity contribution in [1.29, 1.82) is 0 Å². The fourth-order valence-corrected chi connectivity index (χ4v) is 2.22. The maximum absolute atomic E-state index is 11.5. The van der Waals surface area contributed by atoms with E-state index >= 15 is 0 Å². The third kappa shape index (κ3) is 4.86. The Labute approximate surface area is 125 Å². The van der Waals surface area contributed by atoms with Crippen LogP contribution in [0.4, 0.5) is 0 Å². The molecular weight excluding hydrogens is 270 g/mol. The molecule has 1 aromatic carbocycles. The van der Waals surface area contributed by atoms with E-state index in [1.54, 1.807) is 24.3 Å². The summed E-state index contributed by atoms with van der Waals surface area (Å²) in [5.41, 5.74) is 0.958. The summed E-state index contributed by atoms with van der Waals surface area (Å²) in [4.78, 5) is 22.4. The normalized spacial score (nSPS) is 11.2. The molecule has 0 aromatic heterocycles. The fraction of sp³-hybridized carbons (Fsp3) is 0.500. The van der Waals surface area contributed by atoms with Crippen LogP contribution in [-0.2, 0) is 16.1 Å². The van der Waals surface area contributed by atoms with E-state index in [1.807, 2.05) is 13.8 Å². The molecule has 0 bridgehead atoms. The zero-order valence-corrected chi connectivity index (χ0v) is 12.8. The highest BCUT2D eigenvalue weighted by atomic mass is 16.5. The average Bonchev–Trinajstić information content (AvgIpc) is 2.51. The first-order valence-corrected chi connectivity index (χ1v) is 7.10. The van der Waals surface area contributed by atoms with Crippen molar-refractivity contribution >= 4 is 11.9 Å². The third-order valence-corrected chi connectivity index (χ3v) is 3.93. The van der Waals surface area contributed by atoms with E-state index in [-0.39, 0.29) is 17.1 Å². The molecule has 0 unspecified atom stereocenters. The number of carbonyl (C=O) groups is 2. The van der Waals surface area contributed by atoms with Crippen LogP contribution in [0, 0.1) is 0 Å². The first-order chi connectivity index (χ1) is 9.96. The minimum Gasteiger partial charge on any atom is -0.478 e. The monoisotopic (exact) mass is 293 g/mol. The Hall–Kier alpha value is -1.88. The summed E-state index contributed by atoms with van der Waals surface area (Å²) in [6, 6.07) is 6.73. The van der Waals surface area contributed by atoms with Crippen LogP contribution >= 0.6 is 0 Å². The van der Waals surface area contributed by atoms with E-state index in [9.17, 15) is 9.59 Å². The number of ether oxygens (including phenoxy) is 1. The molecule has 0 atom stereocenters. The average molecular weight is 293 g/mol. The predicted octanol–water partition coefficient (Wildman–Crippen LogP) is 2.60. The minimum absolute atomic E-state index is 0.229. The second-order valence-corrected chi connectivity index (χ2v) is 5.10. The van der Waals surface area contributed by atoms with Gasteiger partial charge < -0.3 is 15.2 Å². The Bertz CT molecular complexity index is 478. The summed E-state index contributed by atoms with van der Waals surface area (Å²) in [5.74, 6) is -1.16. The van der Waals surface area contributed by atoms with Crippen molar-refractivity contribution < 1.29 is 19.4 Å². The number of rotatable bonds is 8. The lowest BCUT2D eigenvalue weighted by molar-refractivity contribution is -0.142. The zero-order valence-electron chi connectivity index (χ0n) is 12.8. The molecule has 0 fully saturated rings. The van der Waals surface area contributed by atoms with Gasteiger partial charge in [-0.1, -0.05) is 26.0 Å². The van der Waals surface area contributed by atoms with Gasteiger partial charge in [-0.25, -0.2) is 4.79 Å². The lowest BCUT2D eigenvalue weighted by atomic mass is 9.88. The number of hydrogen-bond acceptors (Lipinski definition) is 4. The molecule has 1 aromatic rings. The molecule has 5 nitrogen and oxygen atoms in total. The van der Waals surface area contributed by atoms with Gasteiger partial charge in [0.05, 0.1) is 19.1 Å². The second-order valence-electron chi connectivity index (χ2n) is 5.10. The van der Waals surface area contributed by atoms with Crippen LogP contribution in [0.2, 0.25) is 0 Å². The first kappa shape index (κ1) is 17.2. The van der Waals surface area contributed by atoms with Crippen LogP contribution in [0.15, 0.2) is 24.3 Å². The quantitative estimate of drug-likeness (QED) is 0.721. The van der Waals surface area contributed by atoms with Crippen molar-refractivity contribution in [1.82, 2.24) is 5.32 Å². The molecule has 0 radical (unpaired) electrons. The number of esters is 1. The van der Waals surface area contributed by atoms with E-state index < -0.39 is 5.97 Å². The number of aromatic carboxylic acids is 1. The first-order valence-electron chi connectivity index (χ1n) is 7.10. The van der Waals surface area contributed by atoms with Crippen molar-refractivity contribution in [2.75, 3.05) is 7.11 Å². The molecule has 0 amide bonds. The van der Waals surface area contributed by atoms with Crippen molar-refractivity contribution in [2.45, 2.75) is 45.2 Å². The summed E-state index contributed by atoms with van der Waals surface area (Å²) < 4.78 is 4.76. The van der Waals surface area contributed by atoms with Gasteiger partial charge in [0.2, 0.25) is 0 Å². The second kappa shape index (κ2) is 7.78. The topological polar surface area (TPSA) is 75.6 Å². The molecule has 2 N–H and O–H groups in total. The SMILES string of the molecule is CCC(CC)(CC(=O)OC)NCc1ccc(C(=O)O)cc1. The Morgan fingerprint density at radius 3 is 2.19 bits per heavy atom. The van der Waals surface area contributed by atoms with Gasteiger partial charge in [0.15, 0.2) is 0 Å². The third-order valence-electron chi connectivity index (χ3n) is 3.93. The minimum atomic E-state index is -0.934.